The Morgan fingerprint density at radius 2 is 2.06 bits per heavy atom. The van der Waals surface area contributed by atoms with Gasteiger partial charge in [0.25, 0.3) is 0 Å². The van der Waals surface area contributed by atoms with Crippen LogP contribution in [0.2, 0.25) is 0 Å². The van der Waals surface area contributed by atoms with E-state index in [1.54, 1.807) is 0 Å². The SMILES string of the molecule is CN1CCC(N(C)Cc2ccc(N)cc2)C1. The van der Waals surface area contributed by atoms with Crippen molar-refractivity contribution in [2.75, 3.05) is 32.9 Å². The summed E-state index contributed by atoms with van der Waals surface area (Å²) in [6.07, 6.45) is 1.28. The predicted molar refractivity (Wildman–Crippen MR) is 68.2 cm³/mol. The van der Waals surface area contributed by atoms with E-state index in [2.05, 4.69) is 36.0 Å². The standard InChI is InChI=1S/C13H21N3/c1-15-8-7-13(10-15)16(2)9-11-3-5-12(14)6-4-11/h3-6,13H,7-10,14H2,1-2H3. The van der Waals surface area contributed by atoms with Gasteiger partial charge in [-0.05, 0) is 44.8 Å². The van der Waals surface area contributed by atoms with Crippen molar-refractivity contribution in [1.29, 1.82) is 0 Å². The van der Waals surface area contributed by atoms with Crippen molar-refractivity contribution < 1.29 is 0 Å². The molecule has 2 N–H and O–H groups in total. The van der Waals surface area contributed by atoms with Gasteiger partial charge in [-0.3, -0.25) is 4.90 Å². The molecule has 1 aromatic carbocycles. The normalized spacial score (nSPS) is 21.8. The lowest BCUT2D eigenvalue weighted by molar-refractivity contribution is 0.234. The number of benzene rings is 1. The summed E-state index contributed by atoms with van der Waals surface area (Å²) in [6, 6.07) is 8.88. The molecule has 0 spiro atoms. The van der Waals surface area contributed by atoms with Crippen LogP contribution in [0.15, 0.2) is 24.3 Å². The first-order valence-electron chi connectivity index (χ1n) is 5.88. The Morgan fingerprint density at radius 3 is 2.62 bits per heavy atom. The van der Waals surface area contributed by atoms with E-state index < -0.39 is 0 Å². The van der Waals surface area contributed by atoms with Crippen molar-refractivity contribution in [1.82, 2.24) is 9.80 Å². The molecule has 3 heteroatoms. The zero-order valence-electron chi connectivity index (χ0n) is 10.2. The van der Waals surface area contributed by atoms with E-state index in [-0.39, 0.29) is 0 Å². The third-order valence-electron chi connectivity index (χ3n) is 3.40. The molecule has 1 atom stereocenters. The van der Waals surface area contributed by atoms with Crippen LogP contribution in [-0.2, 0) is 6.54 Å². The topological polar surface area (TPSA) is 32.5 Å². The van der Waals surface area contributed by atoms with E-state index in [4.69, 9.17) is 5.73 Å². The Hall–Kier alpha value is -1.06. The summed E-state index contributed by atoms with van der Waals surface area (Å²) in [7, 11) is 4.40. The number of nitrogen functional groups attached to an aromatic ring is 1. The average Bonchev–Trinajstić information content (AvgIpc) is 2.68. The number of hydrogen-bond donors (Lipinski definition) is 1. The fourth-order valence-electron chi connectivity index (χ4n) is 2.31. The van der Waals surface area contributed by atoms with E-state index in [1.165, 1.54) is 25.1 Å². The summed E-state index contributed by atoms with van der Waals surface area (Å²) in [5, 5.41) is 0. The van der Waals surface area contributed by atoms with Gasteiger partial charge < -0.3 is 10.6 Å². The fraction of sp³-hybridized carbons (Fsp3) is 0.538. The first-order chi connectivity index (χ1) is 7.65. The van der Waals surface area contributed by atoms with Crippen LogP contribution < -0.4 is 5.73 Å². The molecular weight excluding hydrogens is 198 g/mol. The summed E-state index contributed by atoms with van der Waals surface area (Å²) in [5.41, 5.74) is 7.86. The minimum absolute atomic E-state index is 0.697. The average molecular weight is 219 g/mol. The second-order valence-electron chi connectivity index (χ2n) is 4.86. The van der Waals surface area contributed by atoms with Gasteiger partial charge in [0.2, 0.25) is 0 Å². The van der Waals surface area contributed by atoms with Crippen LogP contribution in [0.5, 0.6) is 0 Å². The number of rotatable bonds is 3. The van der Waals surface area contributed by atoms with Crippen molar-refractivity contribution in [2.24, 2.45) is 0 Å². The van der Waals surface area contributed by atoms with Crippen molar-refractivity contribution in [3.8, 4) is 0 Å². The van der Waals surface area contributed by atoms with Gasteiger partial charge in [0.1, 0.15) is 0 Å². The molecule has 1 aliphatic rings. The van der Waals surface area contributed by atoms with Gasteiger partial charge in [0.05, 0.1) is 0 Å². The van der Waals surface area contributed by atoms with Gasteiger partial charge in [-0.25, -0.2) is 0 Å². The second-order valence-corrected chi connectivity index (χ2v) is 4.86. The van der Waals surface area contributed by atoms with Crippen LogP contribution in [-0.4, -0.2) is 43.0 Å². The Morgan fingerprint density at radius 1 is 1.38 bits per heavy atom. The van der Waals surface area contributed by atoms with Crippen molar-refractivity contribution >= 4 is 5.69 Å². The Labute approximate surface area is 97.8 Å². The van der Waals surface area contributed by atoms with Crippen molar-refractivity contribution in [2.45, 2.75) is 19.0 Å². The lowest BCUT2D eigenvalue weighted by atomic mass is 10.1. The molecule has 88 valence electrons. The lowest BCUT2D eigenvalue weighted by Crippen LogP contribution is -2.33. The predicted octanol–water partition coefficient (Wildman–Crippen LogP) is 1.40. The molecule has 0 bridgehead atoms. The summed E-state index contributed by atoms with van der Waals surface area (Å²) >= 11 is 0. The highest BCUT2D eigenvalue weighted by Crippen LogP contribution is 2.15. The van der Waals surface area contributed by atoms with Crippen LogP contribution in [0.25, 0.3) is 0 Å². The number of hydrogen-bond acceptors (Lipinski definition) is 3. The number of nitrogens with two attached hydrogens (primary N) is 1. The van der Waals surface area contributed by atoms with Gasteiger partial charge in [-0.2, -0.15) is 0 Å². The highest BCUT2D eigenvalue weighted by Gasteiger charge is 2.22. The summed E-state index contributed by atoms with van der Waals surface area (Å²) in [4.78, 5) is 4.83. The monoisotopic (exact) mass is 219 g/mol. The van der Waals surface area contributed by atoms with E-state index >= 15 is 0 Å². The number of likely N-dealkylation sites (tertiary alicyclic amines) is 1. The third-order valence-corrected chi connectivity index (χ3v) is 3.40. The largest absolute Gasteiger partial charge is 0.399 e. The summed E-state index contributed by atoms with van der Waals surface area (Å²) in [6.45, 7) is 3.42. The molecule has 2 rings (SSSR count). The molecule has 1 aromatic rings. The third kappa shape index (κ3) is 2.74. The molecule has 0 saturated carbocycles. The summed E-state index contributed by atoms with van der Waals surface area (Å²) in [5.74, 6) is 0. The highest BCUT2D eigenvalue weighted by molar-refractivity contribution is 5.39. The Balaban J connectivity index is 1.91. The molecule has 0 aromatic heterocycles. The maximum atomic E-state index is 5.68. The van der Waals surface area contributed by atoms with Crippen molar-refractivity contribution in [3.05, 3.63) is 29.8 Å². The van der Waals surface area contributed by atoms with Crippen LogP contribution >= 0.6 is 0 Å². The van der Waals surface area contributed by atoms with Crippen LogP contribution in [0, 0.1) is 0 Å². The van der Waals surface area contributed by atoms with Gasteiger partial charge >= 0.3 is 0 Å². The molecule has 0 radical (unpaired) electrons. The van der Waals surface area contributed by atoms with E-state index in [9.17, 15) is 0 Å². The highest BCUT2D eigenvalue weighted by atomic mass is 15.2. The van der Waals surface area contributed by atoms with Gasteiger partial charge in [-0.1, -0.05) is 12.1 Å². The minimum Gasteiger partial charge on any atom is -0.399 e. The van der Waals surface area contributed by atoms with Gasteiger partial charge in [0, 0.05) is 24.8 Å². The molecule has 16 heavy (non-hydrogen) atoms. The lowest BCUT2D eigenvalue weighted by Gasteiger charge is -2.24. The van der Waals surface area contributed by atoms with E-state index in [0.29, 0.717) is 6.04 Å². The molecule has 1 heterocycles. The van der Waals surface area contributed by atoms with Crippen molar-refractivity contribution in [3.63, 3.8) is 0 Å². The Bertz CT molecular complexity index is 334. The zero-order valence-corrected chi connectivity index (χ0v) is 10.2. The second kappa shape index (κ2) is 4.85. The molecule has 1 saturated heterocycles. The van der Waals surface area contributed by atoms with Crippen LogP contribution in [0.1, 0.15) is 12.0 Å². The number of nitrogens with zero attached hydrogens (tertiary/aromatic N) is 2. The van der Waals surface area contributed by atoms with E-state index in [0.717, 1.165) is 12.2 Å². The fourth-order valence-corrected chi connectivity index (χ4v) is 2.31. The van der Waals surface area contributed by atoms with E-state index in [1.807, 2.05) is 12.1 Å². The molecule has 1 fully saturated rings. The first-order valence-corrected chi connectivity index (χ1v) is 5.88. The molecular formula is C13H21N3. The molecule has 1 unspecified atom stereocenters. The zero-order chi connectivity index (χ0) is 11.5. The molecule has 0 amide bonds. The quantitative estimate of drug-likeness (QED) is 0.780. The van der Waals surface area contributed by atoms with Gasteiger partial charge in [0.15, 0.2) is 0 Å². The molecule has 3 nitrogen and oxygen atoms in total. The number of likely N-dealkylation sites (N-methyl/N-ethyl adjacent to an activating group) is 2. The maximum absolute atomic E-state index is 5.68. The minimum atomic E-state index is 0.697. The molecule has 1 aliphatic heterocycles. The van der Waals surface area contributed by atoms with Gasteiger partial charge in [-0.15, -0.1) is 0 Å². The maximum Gasteiger partial charge on any atom is 0.0314 e. The smallest absolute Gasteiger partial charge is 0.0314 e. The van der Waals surface area contributed by atoms with Crippen LogP contribution in [0.3, 0.4) is 0 Å². The Kier molecular flexibility index (Phi) is 3.46. The molecule has 0 aliphatic carbocycles. The number of anilines is 1. The summed E-state index contributed by atoms with van der Waals surface area (Å²) < 4.78 is 0. The first kappa shape index (κ1) is 11.4. The van der Waals surface area contributed by atoms with Crippen LogP contribution in [0.4, 0.5) is 5.69 Å².